The number of benzene rings is 1. The van der Waals surface area contributed by atoms with Gasteiger partial charge in [0.1, 0.15) is 11.3 Å². The highest BCUT2D eigenvalue weighted by molar-refractivity contribution is 6.39. The van der Waals surface area contributed by atoms with E-state index in [-0.39, 0.29) is 31.1 Å². The van der Waals surface area contributed by atoms with Crippen LogP contribution in [0.3, 0.4) is 0 Å². The highest BCUT2D eigenvalue weighted by Gasteiger charge is 2.56. The molecular weight excluding hydrogens is 286 g/mol. The summed E-state index contributed by atoms with van der Waals surface area (Å²) in [6.07, 6.45) is 0.0207. The third-order valence-corrected chi connectivity index (χ3v) is 3.71. The number of imide groups is 1. The molecule has 3 rings (SSSR count). The van der Waals surface area contributed by atoms with Crippen molar-refractivity contribution >= 4 is 29.2 Å². The van der Waals surface area contributed by atoms with Gasteiger partial charge in [-0.2, -0.15) is 5.10 Å². The fraction of sp³-hybridized carbons (Fsp3) is 0.333. The van der Waals surface area contributed by atoms with Gasteiger partial charge in [-0.15, -0.1) is 0 Å². The lowest BCUT2D eigenvalue weighted by molar-refractivity contribution is -0.135. The van der Waals surface area contributed by atoms with Crippen molar-refractivity contribution in [2.45, 2.75) is 25.3 Å². The first-order valence-electron chi connectivity index (χ1n) is 7.01. The van der Waals surface area contributed by atoms with Crippen molar-refractivity contribution in [2.24, 2.45) is 5.10 Å². The van der Waals surface area contributed by atoms with E-state index in [2.05, 4.69) is 10.5 Å². The van der Waals surface area contributed by atoms with E-state index in [1.54, 1.807) is 37.3 Å². The normalized spacial score (nSPS) is 23.7. The zero-order valence-electron chi connectivity index (χ0n) is 12.0. The molecule has 1 unspecified atom stereocenters. The van der Waals surface area contributed by atoms with Crippen LogP contribution in [0.2, 0.25) is 0 Å². The molecule has 22 heavy (non-hydrogen) atoms. The molecule has 2 amide bonds. The summed E-state index contributed by atoms with van der Waals surface area (Å²) in [5.74, 6) is -1.28. The quantitative estimate of drug-likeness (QED) is 0.652. The Kier molecular flexibility index (Phi) is 3.40. The molecule has 1 fully saturated rings. The van der Waals surface area contributed by atoms with Crippen molar-refractivity contribution in [1.82, 2.24) is 5.43 Å². The van der Waals surface area contributed by atoms with Crippen molar-refractivity contribution in [3.8, 4) is 0 Å². The lowest BCUT2D eigenvalue weighted by Crippen LogP contribution is -2.47. The highest BCUT2D eigenvalue weighted by Crippen LogP contribution is 2.34. The predicted octanol–water partition coefficient (Wildman–Crippen LogP) is 0.601. The van der Waals surface area contributed by atoms with Gasteiger partial charge in [0.15, 0.2) is 0 Å². The van der Waals surface area contributed by atoms with Crippen molar-refractivity contribution in [1.29, 1.82) is 0 Å². The molecule has 1 aromatic carbocycles. The van der Waals surface area contributed by atoms with Crippen LogP contribution in [0.15, 0.2) is 35.4 Å². The highest BCUT2D eigenvalue weighted by atomic mass is 16.5. The van der Waals surface area contributed by atoms with E-state index >= 15 is 0 Å². The van der Waals surface area contributed by atoms with E-state index in [9.17, 15) is 14.4 Å². The van der Waals surface area contributed by atoms with Crippen LogP contribution < -0.4 is 10.3 Å². The largest absolute Gasteiger partial charge is 0.461 e. The third kappa shape index (κ3) is 2.14. The van der Waals surface area contributed by atoms with Gasteiger partial charge in [0.2, 0.25) is 5.91 Å². The van der Waals surface area contributed by atoms with E-state index in [0.29, 0.717) is 5.69 Å². The second-order valence-electron chi connectivity index (χ2n) is 5.20. The second kappa shape index (κ2) is 5.25. The van der Waals surface area contributed by atoms with Crippen LogP contribution in [0, 0.1) is 0 Å². The van der Waals surface area contributed by atoms with Crippen LogP contribution in [-0.4, -0.2) is 35.6 Å². The number of nitrogens with zero attached hydrogens (tertiary/aromatic N) is 2. The number of esters is 1. The lowest BCUT2D eigenvalue weighted by Gasteiger charge is -2.20. The van der Waals surface area contributed by atoms with Gasteiger partial charge in [-0.3, -0.25) is 15.0 Å². The number of amides is 2. The minimum atomic E-state index is -1.17. The monoisotopic (exact) mass is 301 g/mol. The number of hydrogen-bond donors (Lipinski definition) is 1. The molecule has 1 spiro atoms. The van der Waals surface area contributed by atoms with Crippen LogP contribution in [0.25, 0.3) is 0 Å². The molecule has 1 aromatic rings. The number of ether oxygens (including phenoxy) is 1. The topological polar surface area (TPSA) is 88.1 Å². The average molecular weight is 301 g/mol. The number of anilines is 1. The zero-order valence-corrected chi connectivity index (χ0v) is 12.0. The molecule has 1 atom stereocenters. The summed E-state index contributed by atoms with van der Waals surface area (Å²) in [4.78, 5) is 37.8. The molecular formula is C15H15N3O4. The Morgan fingerprint density at radius 1 is 1.32 bits per heavy atom. The molecule has 2 aliphatic heterocycles. The van der Waals surface area contributed by atoms with Crippen LogP contribution in [-0.2, 0) is 19.1 Å². The van der Waals surface area contributed by atoms with Crippen molar-refractivity contribution in [2.75, 3.05) is 11.5 Å². The standard InChI is InChI=1S/C15H15N3O4/c1-2-22-13(20)11-8-15(17-16-11)9-12(19)18(14(15)21)10-6-4-3-5-7-10/h3-7,17H,2,8-9H2,1H3. The van der Waals surface area contributed by atoms with Crippen molar-refractivity contribution in [3.63, 3.8) is 0 Å². The van der Waals surface area contributed by atoms with E-state index in [1.807, 2.05) is 0 Å². The molecule has 0 bridgehead atoms. The molecule has 1 saturated heterocycles. The van der Waals surface area contributed by atoms with Gasteiger partial charge in [0.05, 0.1) is 18.7 Å². The van der Waals surface area contributed by atoms with E-state index in [1.165, 1.54) is 0 Å². The number of nitrogens with one attached hydrogen (secondary N) is 1. The summed E-state index contributed by atoms with van der Waals surface area (Å²) in [6.45, 7) is 1.92. The van der Waals surface area contributed by atoms with E-state index in [0.717, 1.165) is 4.90 Å². The average Bonchev–Trinajstić information content (AvgIpc) is 3.03. The Hall–Kier alpha value is -2.70. The number of carbonyl (C=O) groups excluding carboxylic acids is 3. The minimum Gasteiger partial charge on any atom is -0.461 e. The smallest absolute Gasteiger partial charge is 0.354 e. The molecule has 0 saturated carbocycles. The van der Waals surface area contributed by atoms with Gasteiger partial charge in [0, 0.05) is 6.42 Å². The van der Waals surface area contributed by atoms with Crippen molar-refractivity contribution in [3.05, 3.63) is 30.3 Å². The molecule has 7 heteroatoms. The summed E-state index contributed by atoms with van der Waals surface area (Å²) in [6, 6.07) is 8.70. The van der Waals surface area contributed by atoms with Crippen LogP contribution in [0.4, 0.5) is 5.69 Å². The maximum Gasteiger partial charge on any atom is 0.354 e. The Balaban J connectivity index is 1.83. The van der Waals surface area contributed by atoms with Gasteiger partial charge in [-0.05, 0) is 19.1 Å². The van der Waals surface area contributed by atoms with Crippen LogP contribution in [0.5, 0.6) is 0 Å². The third-order valence-electron chi connectivity index (χ3n) is 3.71. The minimum absolute atomic E-state index is 0.0346. The van der Waals surface area contributed by atoms with Gasteiger partial charge < -0.3 is 4.74 Å². The lowest BCUT2D eigenvalue weighted by atomic mass is 9.93. The molecule has 2 heterocycles. The zero-order chi connectivity index (χ0) is 15.7. The molecule has 2 aliphatic rings. The maximum absolute atomic E-state index is 12.7. The summed E-state index contributed by atoms with van der Waals surface area (Å²) >= 11 is 0. The predicted molar refractivity (Wildman–Crippen MR) is 78.1 cm³/mol. The first kappa shape index (κ1) is 14.2. The molecule has 114 valence electrons. The number of hydrogen-bond acceptors (Lipinski definition) is 6. The molecule has 0 aromatic heterocycles. The maximum atomic E-state index is 12.7. The molecule has 7 nitrogen and oxygen atoms in total. The van der Waals surface area contributed by atoms with Crippen LogP contribution in [0.1, 0.15) is 19.8 Å². The van der Waals surface area contributed by atoms with E-state index in [4.69, 9.17) is 4.74 Å². The van der Waals surface area contributed by atoms with Crippen molar-refractivity contribution < 1.29 is 19.1 Å². The fourth-order valence-electron chi connectivity index (χ4n) is 2.68. The number of hydrazone groups is 1. The molecule has 0 radical (unpaired) electrons. The summed E-state index contributed by atoms with van der Waals surface area (Å²) in [5.41, 5.74) is 2.16. The number of para-hydroxylation sites is 1. The Morgan fingerprint density at radius 3 is 2.73 bits per heavy atom. The Morgan fingerprint density at radius 2 is 2.05 bits per heavy atom. The van der Waals surface area contributed by atoms with E-state index < -0.39 is 17.4 Å². The molecule has 0 aliphatic carbocycles. The number of carbonyl (C=O) groups is 3. The summed E-state index contributed by atoms with van der Waals surface area (Å²) in [7, 11) is 0. The Labute approximate surface area is 126 Å². The fourth-order valence-corrected chi connectivity index (χ4v) is 2.68. The number of rotatable bonds is 3. The molecule has 1 N–H and O–H groups in total. The second-order valence-corrected chi connectivity index (χ2v) is 5.20. The Bertz CT molecular complexity index is 671. The van der Waals surface area contributed by atoms with Gasteiger partial charge in [-0.25, -0.2) is 9.69 Å². The first-order chi connectivity index (χ1) is 10.6. The van der Waals surface area contributed by atoms with Gasteiger partial charge in [0.25, 0.3) is 5.91 Å². The summed E-state index contributed by atoms with van der Waals surface area (Å²) in [5, 5.41) is 3.89. The van der Waals surface area contributed by atoms with Gasteiger partial charge >= 0.3 is 5.97 Å². The first-order valence-corrected chi connectivity index (χ1v) is 7.01. The summed E-state index contributed by atoms with van der Waals surface area (Å²) < 4.78 is 4.88. The SMILES string of the molecule is CCOC(=O)C1=NNC2(CC(=O)N(c3ccccc3)C2=O)C1. The van der Waals surface area contributed by atoms with Crippen LogP contribution >= 0.6 is 0 Å². The van der Waals surface area contributed by atoms with Gasteiger partial charge in [-0.1, -0.05) is 18.2 Å².